The molecule has 1 aromatic heterocycles. The SMILES string of the molecule is CN(C)c1ncccc1CN1CCC([C@H]2CC=CCN(Cc3ccc(F)cc3)C2=O)CC1. The molecule has 32 heavy (non-hydrogen) atoms. The van der Waals surface area contributed by atoms with Crippen LogP contribution < -0.4 is 4.90 Å². The third kappa shape index (κ3) is 5.36. The quantitative estimate of drug-likeness (QED) is 0.639. The normalized spacial score (nSPS) is 20.4. The van der Waals surface area contributed by atoms with Gasteiger partial charge in [-0.2, -0.15) is 0 Å². The highest BCUT2D eigenvalue weighted by Gasteiger charge is 2.34. The number of allylic oxidation sites excluding steroid dienone is 1. The second kappa shape index (κ2) is 10.3. The van der Waals surface area contributed by atoms with Crippen molar-refractivity contribution in [1.82, 2.24) is 14.8 Å². The molecule has 0 saturated carbocycles. The van der Waals surface area contributed by atoms with Gasteiger partial charge in [-0.1, -0.05) is 30.4 Å². The summed E-state index contributed by atoms with van der Waals surface area (Å²) in [6.45, 7) is 4.05. The van der Waals surface area contributed by atoms with Crippen LogP contribution in [0.15, 0.2) is 54.7 Å². The van der Waals surface area contributed by atoms with E-state index in [4.69, 9.17) is 0 Å². The third-order valence-corrected chi connectivity index (χ3v) is 6.68. The summed E-state index contributed by atoms with van der Waals surface area (Å²) in [5, 5.41) is 0. The maximum Gasteiger partial charge on any atom is 0.226 e. The van der Waals surface area contributed by atoms with Crippen molar-refractivity contribution in [2.24, 2.45) is 11.8 Å². The highest BCUT2D eigenvalue weighted by Crippen LogP contribution is 2.32. The third-order valence-electron chi connectivity index (χ3n) is 6.68. The number of nitrogens with zero attached hydrogens (tertiary/aromatic N) is 4. The lowest BCUT2D eigenvalue weighted by Gasteiger charge is -2.37. The Morgan fingerprint density at radius 1 is 1.06 bits per heavy atom. The number of hydrogen-bond acceptors (Lipinski definition) is 4. The van der Waals surface area contributed by atoms with E-state index in [-0.39, 0.29) is 17.6 Å². The van der Waals surface area contributed by atoms with Crippen molar-refractivity contribution >= 4 is 11.7 Å². The summed E-state index contributed by atoms with van der Waals surface area (Å²) in [6.07, 6.45) is 8.99. The van der Waals surface area contributed by atoms with E-state index in [0.717, 1.165) is 50.3 Å². The van der Waals surface area contributed by atoms with E-state index >= 15 is 0 Å². The van der Waals surface area contributed by atoms with Gasteiger partial charge in [0.1, 0.15) is 11.6 Å². The average Bonchev–Trinajstić information content (AvgIpc) is 2.97. The molecule has 0 spiro atoms. The molecule has 1 amide bonds. The van der Waals surface area contributed by atoms with Crippen LogP contribution in [0.25, 0.3) is 0 Å². The van der Waals surface area contributed by atoms with Crippen LogP contribution in [-0.2, 0) is 17.9 Å². The Kier molecular flexibility index (Phi) is 7.20. The minimum Gasteiger partial charge on any atom is -0.362 e. The predicted molar refractivity (Wildman–Crippen MR) is 126 cm³/mol. The molecule has 0 bridgehead atoms. The fourth-order valence-corrected chi connectivity index (χ4v) is 4.93. The monoisotopic (exact) mass is 436 g/mol. The van der Waals surface area contributed by atoms with Crippen molar-refractivity contribution in [2.45, 2.75) is 32.4 Å². The van der Waals surface area contributed by atoms with Crippen LogP contribution in [0, 0.1) is 17.7 Å². The molecular formula is C26H33FN4O. The number of likely N-dealkylation sites (tertiary alicyclic amines) is 1. The first-order valence-electron chi connectivity index (χ1n) is 11.5. The van der Waals surface area contributed by atoms with E-state index in [1.165, 1.54) is 17.7 Å². The Labute approximate surface area is 190 Å². The molecule has 6 heteroatoms. The lowest BCUT2D eigenvalue weighted by molar-refractivity contribution is -0.137. The number of benzene rings is 1. The summed E-state index contributed by atoms with van der Waals surface area (Å²) in [7, 11) is 4.06. The fraction of sp³-hybridized carbons (Fsp3) is 0.462. The van der Waals surface area contributed by atoms with Crippen LogP contribution in [-0.4, -0.2) is 54.4 Å². The molecule has 5 nitrogen and oxygen atoms in total. The van der Waals surface area contributed by atoms with Crippen LogP contribution >= 0.6 is 0 Å². The van der Waals surface area contributed by atoms with Gasteiger partial charge in [-0.3, -0.25) is 9.69 Å². The van der Waals surface area contributed by atoms with E-state index in [0.29, 0.717) is 19.0 Å². The van der Waals surface area contributed by atoms with Gasteiger partial charge in [-0.15, -0.1) is 0 Å². The summed E-state index contributed by atoms with van der Waals surface area (Å²) in [5.41, 5.74) is 2.21. The van der Waals surface area contributed by atoms with Crippen molar-refractivity contribution in [3.63, 3.8) is 0 Å². The molecule has 1 fully saturated rings. The van der Waals surface area contributed by atoms with Crippen LogP contribution in [0.3, 0.4) is 0 Å². The van der Waals surface area contributed by atoms with Gasteiger partial charge in [0.15, 0.2) is 0 Å². The first-order chi connectivity index (χ1) is 15.5. The zero-order chi connectivity index (χ0) is 22.5. The molecule has 2 aliphatic heterocycles. The largest absolute Gasteiger partial charge is 0.362 e. The lowest BCUT2D eigenvalue weighted by Crippen LogP contribution is -2.42. The van der Waals surface area contributed by atoms with Gasteiger partial charge in [0.25, 0.3) is 0 Å². The lowest BCUT2D eigenvalue weighted by atomic mass is 9.81. The van der Waals surface area contributed by atoms with Crippen LogP contribution in [0.4, 0.5) is 10.2 Å². The number of halogens is 1. The highest BCUT2D eigenvalue weighted by atomic mass is 19.1. The van der Waals surface area contributed by atoms with Crippen LogP contribution in [0.1, 0.15) is 30.4 Å². The molecule has 3 heterocycles. The standard InChI is InChI=1S/C26H33FN4O/c1-29(2)25-22(6-5-14-28-25)19-30-16-12-21(13-17-30)24-7-3-4-15-31(26(24)32)18-20-8-10-23(27)11-9-20/h3-6,8-11,14,21,24H,7,12-13,15-19H2,1-2H3/t24-/m1/s1. The van der Waals surface area contributed by atoms with Crippen molar-refractivity contribution < 1.29 is 9.18 Å². The van der Waals surface area contributed by atoms with Gasteiger partial charge < -0.3 is 9.80 Å². The number of pyridine rings is 1. The number of anilines is 1. The van der Waals surface area contributed by atoms with Gasteiger partial charge in [0, 0.05) is 51.4 Å². The highest BCUT2D eigenvalue weighted by molar-refractivity contribution is 5.80. The second-order valence-electron chi connectivity index (χ2n) is 9.15. The first kappa shape index (κ1) is 22.5. The molecule has 0 N–H and O–H groups in total. The molecule has 1 saturated heterocycles. The first-order valence-corrected chi connectivity index (χ1v) is 11.5. The number of hydrogen-bond donors (Lipinski definition) is 0. The Balaban J connectivity index is 1.36. The van der Waals surface area contributed by atoms with Crippen LogP contribution in [0.5, 0.6) is 0 Å². The zero-order valence-electron chi connectivity index (χ0n) is 19.1. The van der Waals surface area contributed by atoms with Crippen molar-refractivity contribution in [2.75, 3.05) is 38.6 Å². The fourth-order valence-electron chi connectivity index (χ4n) is 4.93. The number of amides is 1. The Morgan fingerprint density at radius 2 is 1.81 bits per heavy atom. The van der Waals surface area contributed by atoms with Gasteiger partial charge >= 0.3 is 0 Å². The summed E-state index contributed by atoms with van der Waals surface area (Å²) in [6, 6.07) is 10.6. The molecule has 0 unspecified atom stereocenters. The average molecular weight is 437 g/mol. The number of aromatic nitrogens is 1. The van der Waals surface area contributed by atoms with Crippen molar-refractivity contribution in [1.29, 1.82) is 0 Å². The molecule has 2 aromatic rings. The van der Waals surface area contributed by atoms with Gasteiger partial charge in [-0.25, -0.2) is 9.37 Å². The molecule has 4 rings (SSSR count). The molecule has 0 radical (unpaired) electrons. The zero-order valence-corrected chi connectivity index (χ0v) is 19.1. The number of piperidine rings is 1. The van der Waals surface area contributed by atoms with Gasteiger partial charge in [0.05, 0.1) is 0 Å². The molecule has 0 aliphatic carbocycles. The number of carbonyl (C=O) groups excluding carboxylic acids is 1. The molecule has 2 aliphatic rings. The molecule has 1 atom stereocenters. The second-order valence-corrected chi connectivity index (χ2v) is 9.15. The smallest absolute Gasteiger partial charge is 0.226 e. The number of carbonyl (C=O) groups is 1. The van der Waals surface area contributed by atoms with Gasteiger partial charge in [-0.05, 0) is 62.0 Å². The Morgan fingerprint density at radius 3 is 2.53 bits per heavy atom. The van der Waals surface area contributed by atoms with E-state index < -0.39 is 0 Å². The summed E-state index contributed by atoms with van der Waals surface area (Å²) < 4.78 is 13.2. The number of rotatable bonds is 6. The van der Waals surface area contributed by atoms with Gasteiger partial charge in [0.2, 0.25) is 5.91 Å². The summed E-state index contributed by atoms with van der Waals surface area (Å²) >= 11 is 0. The molecule has 170 valence electrons. The minimum absolute atomic E-state index is 0.0343. The molecular weight excluding hydrogens is 403 g/mol. The maximum atomic E-state index is 13.4. The summed E-state index contributed by atoms with van der Waals surface area (Å²) in [5.74, 6) is 1.45. The Bertz CT molecular complexity index is 935. The Hall–Kier alpha value is -2.73. The van der Waals surface area contributed by atoms with Crippen molar-refractivity contribution in [3.05, 3.63) is 71.7 Å². The predicted octanol–water partition coefficient (Wildman–Crippen LogP) is 4.10. The van der Waals surface area contributed by atoms with E-state index in [2.05, 4.69) is 33.0 Å². The van der Waals surface area contributed by atoms with Crippen LogP contribution in [0.2, 0.25) is 0 Å². The van der Waals surface area contributed by atoms with E-state index in [1.54, 1.807) is 12.1 Å². The molecule has 1 aromatic carbocycles. The summed E-state index contributed by atoms with van der Waals surface area (Å²) in [4.78, 5) is 24.4. The minimum atomic E-state index is -0.246. The van der Waals surface area contributed by atoms with Crippen molar-refractivity contribution in [3.8, 4) is 0 Å². The van der Waals surface area contributed by atoms with E-state index in [9.17, 15) is 9.18 Å². The topological polar surface area (TPSA) is 39.7 Å². The van der Waals surface area contributed by atoms with E-state index in [1.807, 2.05) is 31.3 Å². The maximum absolute atomic E-state index is 13.4.